The first-order valence-corrected chi connectivity index (χ1v) is 20.9. The summed E-state index contributed by atoms with van der Waals surface area (Å²) < 4.78 is 10.8. The van der Waals surface area contributed by atoms with Gasteiger partial charge < -0.3 is 40.3 Å². The molecule has 2 fully saturated rings. The quantitative estimate of drug-likeness (QED) is 0.0605. The van der Waals surface area contributed by atoms with Gasteiger partial charge in [-0.05, 0) is 66.7 Å². The number of allylic oxidation sites excluding steroid dienone is 1. The van der Waals surface area contributed by atoms with Gasteiger partial charge in [-0.25, -0.2) is 19.6 Å². The summed E-state index contributed by atoms with van der Waals surface area (Å²) in [4.78, 5) is 72.2. The average Bonchev–Trinajstić information content (AvgIpc) is 4.08. The summed E-state index contributed by atoms with van der Waals surface area (Å²) in [5.74, 6) is 0.549. The van der Waals surface area contributed by atoms with Crippen molar-refractivity contribution < 1.29 is 28.7 Å². The van der Waals surface area contributed by atoms with Crippen molar-refractivity contribution in [3.8, 4) is 33.6 Å². The van der Waals surface area contributed by atoms with Gasteiger partial charge in [0.05, 0.1) is 42.5 Å². The third-order valence-corrected chi connectivity index (χ3v) is 11.7. The number of nitrogens with one attached hydrogen (secondary N) is 3. The standard InChI is InChI=1S/C46H58N8O6/c1-7-9-23-46(30(5)6,60-44(47)57)43(56)54-25-12-14-38(54)41-49-28-36(51-41)34-21-17-32(18-22-34)31-15-19-33(20-16-31)35-27-48-40(50-35)37-13-11-24-53(37)42(55)39(29(3)4)52-45(58)59-26-10-8-2/h7-8,15-22,27-30,37-39H,1-2,9-14,23-26H2,3-6H3,(H2,47,57)(H,48,50)(H,49,51)(H,52,58)/t37-,38-,39-,46-/m0/s1. The van der Waals surface area contributed by atoms with Crippen molar-refractivity contribution >= 4 is 24.0 Å². The fraction of sp³-hybridized carbons (Fsp3) is 0.435. The Morgan fingerprint density at radius 3 is 1.80 bits per heavy atom. The summed E-state index contributed by atoms with van der Waals surface area (Å²) in [5.41, 5.74) is 9.76. The summed E-state index contributed by atoms with van der Waals surface area (Å²) in [6, 6.07) is 15.2. The van der Waals surface area contributed by atoms with Crippen LogP contribution in [-0.2, 0) is 19.1 Å². The lowest BCUT2D eigenvalue weighted by molar-refractivity contribution is -0.158. The van der Waals surface area contributed by atoms with E-state index in [1.54, 1.807) is 29.4 Å². The van der Waals surface area contributed by atoms with Gasteiger partial charge in [0.15, 0.2) is 5.60 Å². The van der Waals surface area contributed by atoms with Crippen LogP contribution >= 0.6 is 0 Å². The molecule has 5 N–H and O–H groups in total. The molecule has 2 aliphatic rings. The molecule has 4 heterocycles. The van der Waals surface area contributed by atoms with Crippen molar-refractivity contribution in [2.45, 2.75) is 96.4 Å². The molecule has 0 bridgehead atoms. The van der Waals surface area contributed by atoms with Gasteiger partial charge in [-0.2, -0.15) is 0 Å². The highest BCUT2D eigenvalue weighted by atomic mass is 16.6. The van der Waals surface area contributed by atoms with E-state index in [0.29, 0.717) is 44.0 Å². The Bertz CT molecular complexity index is 2140. The number of carbonyl (C=O) groups is 4. The maximum absolute atomic E-state index is 14.2. The highest BCUT2D eigenvalue weighted by Gasteiger charge is 2.50. The molecule has 14 nitrogen and oxygen atoms in total. The second-order valence-corrected chi connectivity index (χ2v) is 16.2. The van der Waals surface area contributed by atoms with Gasteiger partial charge in [-0.1, -0.05) is 88.4 Å². The minimum atomic E-state index is -1.39. The van der Waals surface area contributed by atoms with Crippen LogP contribution in [0.3, 0.4) is 0 Å². The van der Waals surface area contributed by atoms with Crippen molar-refractivity contribution in [3.05, 3.63) is 97.9 Å². The first-order chi connectivity index (χ1) is 28.9. The van der Waals surface area contributed by atoms with Crippen LogP contribution < -0.4 is 11.1 Å². The van der Waals surface area contributed by atoms with E-state index in [1.807, 2.05) is 56.9 Å². The third-order valence-electron chi connectivity index (χ3n) is 11.7. The van der Waals surface area contributed by atoms with E-state index in [9.17, 15) is 19.2 Å². The zero-order valence-corrected chi connectivity index (χ0v) is 35.1. The third kappa shape index (κ3) is 9.48. The van der Waals surface area contributed by atoms with Crippen LogP contribution in [0.15, 0.2) is 86.2 Å². The number of rotatable bonds is 17. The molecule has 2 aliphatic heterocycles. The van der Waals surface area contributed by atoms with Crippen LogP contribution in [0.4, 0.5) is 9.59 Å². The molecule has 2 aromatic heterocycles. The number of benzene rings is 2. The molecule has 14 heteroatoms. The molecule has 0 spiro atoms. The normalized spacial score (nSPS) is 18.0. The topological polar surface area (TPSA) is 189 Å². The molecule has 318 valence electrons. The Balaban J connectivity index is 1.11. The number of aromatic amines is 2. The predicted molar refractivity (Wildman–Crippen MR) is 230 cm³/mol. The maximum Gasteiger partial charge on any atom is 0.407 e. The lowest BCUT2D eigenvalue weighted by Crippen LogP contribution is -2.55. The first kappa shape index (κ1) is 43.4. The molecular weight excluding hydrogens is 761 g/mol. The monoisotopic (exact) mass is 818 g/mol. The molecule has 0 aliphatic carbocycles. The fourth-order valence-electron chi connectivity index (χ4n) is 8.29. The second-order valence-electron chi connectivity index (χ2n) is 16.2. The van der Waals surface area contributed by atoms with Crippen molar-refractivity contribution in [2.75, 3.05) is 19.7 Å². The predicted octanol–water partition coefficient (Wildman–Crippen LogP) is 8.24. The molecule has 4 atom stereocenters. The van der Waals surface area contributed by atoms with Crippen LogP contribution in [0.1, 0.15) is 96.4 Å². The van der Waals surface area contributed by atoms with E-state index < -0.39 is 23.8 Å². The fourth-order valence-corrected chi connectivity index (χ4v) is 8.29. The number of nitrogens with two attached hydrogens (primary N) is 1. The summed E-state index contributed by atoms with van der Waals surface area (Å²) >= 11 is 0. The number of carbonyl (C=O) groups excluding carboxylic acids is 4. The van der Waals surface area contributed by atoms with Crippen LogP contribution in [0, 0.1) is 11.8 Å². The van der Waals surface area contributed by atoms with E-state index in [4.69, 9.17) is 25.2 Å². The number of H-pyrrole nitrogens is 2. The number of ether oxygens (including phenoxy) is 2. The highest BCUT2D eigenvalue weighted by molar-refractivity contribution is 5.89. The van der Waals surface area contributed by atoms with Gasteiger partial charge >= 0.3 is 12.2 Å². The smallest absolute Gasteiger partial charge is 0.407 e. The minimum absolute atomic E-state index is 0.130. The first-order valence-electron chi connectivity index (χ1n) is 20.9. The molecule has 60 heavy (non-hydrogen) atoms. The lowest BCUT2D eigenvalue weighted by Gasteiger charge is -2.39. The number of alkyl carbamates (subject to hydrolysis) is 1. The summed E-state index contributed by atoms with van der Waals surface area (Å²) in [6.07, 6.45) is 9.83. The van der Waals surface area contributed by atoms with Gasteiger partial charge in [-0.3, -0.25) is 9.59 Å². The van der Waals surface area contributed by atoms with Gasteiger partial charge in [0.2, 0.25) is 5.91 Å². The van der Waals surface area contributed by atoms with Gasteiger partial charge in [0, 0.05) is 25.4 Å². The molecule has 0 unspecified atom stereocenters. The molecule has 4 aromatic rings. The van der Waals surface area contributed by atoms with E-state index in [-0.39, 0.29) is 42.3 Å². The van der Waals surface area contributed by atoms with Crippen molar-refractivity contribution in [1.82, 2.24) is 35.1 Å². The Morgan fingerprint density at radius 1 is 0.817 bits per heavy atom. The van der Waals surface area contributed by atoms with E-state index in [1.165, 1.54) is 0 Å². The molecule has 6 rings (SSSR count). The van der Waals surface area contributed by atoms with Gasteiger partial charge in [-0.15, -0.1) is 13.2 Å². The molecule has 4 amide bonds. The van der Waals surface area contributed by atoms with E-state index >= 15 is 0 Å². The lowest BCUT2D eigenvalue weighted by atomic mass is 9.83. The SMILES string of the molecule is C=CCCOC(=O)N[C@H](C(=O)N1CCC[C@H]1c1ncc(-c2ccc(-c3ccc(-c4cnc([C@@H]5CCCN5C(=O)[C@@](CCC=C)(OC(N)=O)C(C)C)[nH]4)cc3)cc2)[nH]1)C(C)C. The zero-order chi connectivity index (χ0) is 43.0. The highest BCUT2D eigenvalue weighted by Crippen LogP contribution is 2.39. The second kappa shape index (κ2) is 19.3. The molecule has 2 aromatic carbocycles. The van der Waals surface area contributed by atoms with Crippen molar-refractivity contribution in [3.63, 3.8) is 0 Å². The average molecular weight is 819 g/mol. The molecular formula is C46H58N8O6. The number of aromatic nitrogens is 4. The molecule has 2 saturated heterocycles. The Labute approximate surface area is 352 Å². The number of nitrogens with zero attached hydrogens (tertiary/aromatic N) is 4. The van der Waals surface area contributed by atoms with Crippen LogP contribution in [0.5, 0.6) is 0 Å². The summed E-state index contributed by atoms with van der Waals surface area (Å²) in [7, 11) is 0. The number of hydrogen-bond acceptors (Lipinski definition) is 8. The van der Waals surface area contributed by atoms with Gasteiger partial charge in [0.1, 0.15) is 17.7 Å². The van der Waals surface area contributed by atoms with E-state index in [0.717, 1.165) is 59.3 Å². The Kier molecular flexibility index (Phi) is 13.9. The Morgan fingerprint density at radius 2 is 1.32 bits per heavy atom. The maximum atomic E-state index is 14.2. The Hall–Kier alpha value is -6.18. The summed E-state index contributed by atoms with van der Waals surface area (Å²) in [5, 5.41) is 2.77. The number of hydrogen-bond donors (Lipinski definition) is 4. The summed E-state index contributed by atoms with van der Waals surface area (Å²) in [6.45, 7) is 16.3. The number of likely N-dealkylation sites (tertiary alicyclic amines) is 2. The number of primary amides is 1. The van der Waals surface area contributed by atoms with Crippen LogP contribution in [0.25, 0.3) is 33.6 Å². The number of imidazole rings is 2. The van der Waals surface area contributed by atoms with Crippen molar-refractivity contribution in [2.24, 2.45) is 17.6 Å². The van der Waals surface area contributed by atoms with Gasteiger partial charge in [0.25, 0.3) is 5.91 Å². The van der Waals surface area contributed by atoms with Crippen LogP contribution in [-0.4, -0.2) is 85.1 Å². The number of amides is 4. The minimum Gasteiger partial charge on any atom is -0.449 e. The van der Waals surface area contributed by atoms with Crippen molar-refractivity contribution in [1.29, 1.82) is 0 Å². The van der Waals surface area contributed by atoms with E-state index in [2.05, 4.69) is 52.7 Å². The van der Waals surface area contributed by atoms with Crippen LogP contribution in [0.2, 0.25) is 0 Å². The zero-order valence-electron chi connectivity index (χ0n) is 35.1. The molecule has 0 saturated carbocycles. The molecule has 0 radical (unpaired) electrons. The largest absolute Gasteiger partial charge is 0.449 e.